The van der Waals surface area contributed by atoms with E-state index in [9.17, 15) is 13.6 Å². The number of halogens is 2. The fraction of sp³-hybridized carbons (Fsp3) is 0.400. The molecule has 0 fully saturated rings. The summed E-state index contributed by atoms with van der Waals surface area (Å²) in [5.41, 5.74) is 4.30. The van der Waals surface area contributed by atoms with Gasteiger partial charge in [0, 0.05) is 25.4 Å². The molecule has 1 N–H and O–H groups in total. The third-order valence-corrected chi connectivity index (χ3v) is 4.16. The summed E-state index contributed by atoms with van der Waals surface area (Å²) in [5, 5.41) is 2.09. The smallest absolute Gasteiger partial charge is 0.284 e. The molecule has 142 valence electrons. The van der Waals surface area contributed by atoms with Gasteiger partial charge in [0.25, 0.3) is 5.92 Å². The first-order chi connectivity index (χ1) is 12.0. The number of hydrogen-bond acceptors (Lipinski definition) is 3. The van der Waals surface area contributed by atoms with E-state index in [1.165, 1.54) is 6.08 Å². The number of hydrogen-bond donors (Lipinski definition) is 1. The lowest BCUT2D eigenvalue weighted by Gasteiger charge is -2.27. The van der Waals surface area contributed by atoms with Crippen molar-refractivity contribution >= 4 is 12.1 Å². The molecular formula is C20H27F2N3O. The van der Waals surface area contributed by atoms with Crippen molar-refractivity contribution in [3.8, 4) is 0 Å². The highest BCUT2D eigenvalue weighted by Gasteiger charge is 2.27. The molecule has 0 aliphatic rings. The monoisotopic (exact) mass is 363 g/mol. The molecule has 1 heterocycles. The Kier molecular flexibility index (Phi) is 7.24. The summed E-state index contributed by atoms with van der Waals surface area (Å²) < 4.78 is 27.3. The second kappa shape index (κ2) is 8.74. The largest absolute Gasteiger partial charge is 0.347 e. The minimum absolute atomic E-state index is 0.255. The van der Waals surface area contributed by atoms with Gasteiger partial charge in [-0.05, 0) is 50.5 Å². The third kappa shape index (κ3) is 5.25. The van der Waals surface area contributed by atoms with Crippen LogP contribution in [-0.2, 0) is 4.79 Å². The number of nitrogens with one attached hydrogen (secondary N) is 1. The van der Waals surface area contributed by atoms with Crippen LogP contribution in [0.5, 0.6) is 0 Å². The molecule has 0 aromatic carbocycles. The normalized spacial score (nSPS) is 13.2. The van der Waals surface area contributed by atoms with E-state index in [1.807, 2.05) is 44.9 Å². The molecule has 0 saturated carbocycles. The molecule has 0 aliphatic carbocycles. The predicted octanol–water partition coefficient (Wildman–Crippen LogP) is 4.57. The molecule has 0 atom stereocenters. The third-order valence-electron chi connectivity index (χ3n) is 4.16. The molecular weight excluding hydrogens is 336 g/mol. The van der Waals surface area contributed by atoms with Gasteiger partial charge in [0.1, 0.15) is 0 Å². The zero-order valence-electron chi connectivity index (χ0n) is 16.3. The molecule has 1 rings (SSSR count). The Hall–Kier alpha value is -2.50. The lowest BCUT2D eigenvalue weighted by atomic mass is 10.1. The molecule has 0 spiro atoms. The molecule has 1 aromatic heterocycles. The number of amides is 1. The molecule has 0 unspecified atom stereocenters. The summed E-state index contributed by atoms with van der Waals surface area (Å²) in [5.74, 6) is -3.15. The Bertz CT molecular complexity index is 746. The van der Waals surface area contributed by atoms with E-state index in [0.717, 1.165) is 29.6 Å². The van der Waals surface area contributed by atoms with Gasteiger partial charge in [-0.3, -0.25) is 9.78 Å². The van der Waals surface area contributed by atoms with E-state index >= 15 is 0 Å². The lowest BCUT2D eigenvalue weighted by Crippen LogP contribution is -2.26. The van der Waals surface area contributed by atoms with Gasteiger partial charge in [0.15, 0.2) is 0 Å². The van der Waals surface area contributed by atoms with E-state index in [0.29, 0.717) is 17.7 Å². The lowest BCUT2D eigenvalue weighted by molar-refractivity contribution is -0.109. The van der Waals surface area contributed by atoms with E-state index < -0.39 is 11.6 Å². The highest BCUT2D eigenvalue weighted by Crippen LogP contribution is 2.27. The van der Waals surface area contributed by atoms with Crippen LogP contribution in [0, 0.1) is 13.8 Å². The molecule has 4 nitrogen and oxygen atoms in total. The van der Waals surface area contributed by atoms with Crippen LogP contribution in [0.3, 0.4) is 0 Å². The maximum Gasteiger partial charge on any atom is 0.284 e. The fourth-order valence-corrected chi connectivity index (χ4v) is 2.68. The highest BCUT2D eigenvalue weighted by atomic mass is 19.3. The van der Waals surface area contributed by atoms with Gasteiger partial charge in [-0.2, -0.15) is 0 Å². The quantitative estimate of drug-likeness (QED) is 0.544. The Morgan fingerprint density at radius 2 is 2.00 bits per heavy atom. The minimum Gasteiger partial charge on any atom is -0.347 e. The van der Waals surface area contributed by atoms with Crippen LogP contribution in [0.1, 0.15) is 44.1 Å². The molecule has 1 amide bonds. The number of rotatable bonds is 8. The SMILES string of the molecule is C=C(c1nc(C)ccc1C)N(C)/C(CC)=C(C)/C=C(\NC=O)C(C)(F)F. The van der Waals surface area contributed by atoms with Crippen molar-refractivity contribution in [2.45, 2.75) is 47.0 Å². The Balaban J connectivity index is 3.34. The van der Waals surface area contributed by atoms with Crippen LogP contribution in [0.2, 0.25) is 0 Å². The van der Waals surface area contributed by atoms with E-state index in [2.05, 4.69) is 16.9 Å². The van der Waals surface area contributed by atoms with Crippen molar-refractivity contribution in [3.05, 3.63) is 58.7 Å². The summed E-state index contributed by atoms with van der Waals surface area (Å²) >= 11 is 0. The number of carbonyl (C=O) groups is 1. The molecule has 0 saturated heterocycles. The second-order valence-electron chi connectivity index (χ2n) is 6.32. The molecule has 0 bridgehead atoms. The number of aromatic nitrogens is 1. The molecule has 6 heteroatoms. The fourth-order valence-electron chi connectivity index (χ4n) is 2.68. The van der Waals surface area contributed by atoms with Crippen LogP contribution in [0.4, 0.5) is 8.78 Å². The van der Waals surface area contributed by atoms with Crippen LogP contribution in [0.15, 0.2) is 41.8 Å². The maximum absolute atomic E-state index is 13.7. The first kappa shape index (κ1) is 21.5. The maximum atomic E-state index is 13.7. The van der Waals surface area contributed by atoms with Gasteiger partial charge in [-0.25, -0.2) is 8.78 Å². The van der Waals surface area contributed by atoms with Gasteiger partial charge in [-0.15, -0.1) is 0 Å². The predicted molar refractivity (Wildman–Crippen MR) is 101 cm³/mol. The Morgan fingerprint density at radius 3 is 2.50 bits per heavy atom. The molecule has 1 aromatic rings. The van der Waals surface area contributed by atoms with E-state index in [1.54, 1.807) is 6.92 Å². The van der Waals surface area contributed by atoms with Crippen LogP contribution in [-0.4, -0.2) is 29.3 Å². The summed E-state index contributed by atoms with van der Waals surface area (Å²) in [6, 6.07) is 3.90. The van der Waals surface area contributed by atoms with Crippen LogP contribution < -0.4 is 5.32 Å². The number of carbonyl (C=O) groups excluding carboxylic acids is 1. The van der Waals surface area contributed by atoms with Gasteiger partial charge in [0.05, 0.1) is 17.1 Å². The number of pyridine rings is 1. The number of allylic oxidation sites excluding steroid dienone is 4. The van der Waals surface area contributed by atoms with E-state index in [4.69, 9.17) is 0 Å². The van der Waals surface area contributed by atoms with Gasteiger partial charge < -0.3 is 10.2 Å². The van der Waals surface area contributed by atoms with Crippen molar-refractivity contribution in [2.24, 2.45) is 0 Å². The van der Waals surface area contributed by atoms with Crippen molar-refractivity contribution in [1.29, 1.82) is 0 Å². The van der Waals surface area contributed by atoms with Crippen molar-refractivity contribution in [3.63, 3.8) is 0 Å². The minimum atomic E-state index is -3.15. The molecule has 26 heavy (non-hydrogen) atoms. The van der Waals surface area contributed by atoms with Crippen molar-refractivity contribution in [1.82, 2.24) is 15.2 Å². The topological polar surface area (TPSA) is 45.2 Å². The average Bonchev–Trinajstić information content (AvgIpc) is 2.55. The average molecular weight is 363 g/mol. The van der Waals surface area contributed by atoms with Crippen molar-refractivity contribution < 1.29 is 13.6 Å². The molecule has 0 radical (unpaired) electrons. The Labute approximate surface area is 154 Å². The van der Waals surface area contributed by atoms with Gasteiger partial charge >= 0.3 is 0 Å². The first-order valence-electron chi connectivity index (χ1n) is 8.40. The van der Waals surface area contributed by atoms with Crippen LogP contribution in [0.25, 0.3) is 5.70 Å². The van der Waals surface area contributed by atoms with Gasteiger partial charge in [0.2, 0.25) is 6.41 Å². The second-order valence-corrected chi connectivity index (χ2v) is 6.32. The zero-order chi connectivity index (χ0) is 20.1. The zero-order valence-corrected chi connectivity index (χ0v) is 16.3. The van der Waals surface area contributed by atoms with Crippen LogP contribution >= 0.6 is 0 Å². The van der Waals surface area contributed by atoms with Gasteiger partial charge in [-0.1, -0.05) is 19.6 Å². The molecule has 0 aliphatic heterocycles. The summed E-state index contributed by atoms with van der Waals surface area (Å²) in [7, 11) is 1.83. The standard InChI is InChI=1S/C20H27F2N3O/c1-8-17(14(3)11-18(23-12-26)20(6,21)22)25(7)16(5)19-13(2)9-10-15(4)24-19/h9-12H,5,8H2,1-4,6-7H3,(H,23,26)/b17-14+,18-11-. The summed E-state index contributed by atoms with van der Waals surface area (Å²) in [4.78, 5) is 17.0. The summed E-state index contributed by atoms with van der Waals surface area (Å²) in [6.45, 7) is 12.4. The number of nitrogens with zero attached hydrogens (tertiary/aromatic N) is 2. The summed E-state index contributed by atoms with van der Waals surface area (Å²) in [6.07, 6.45) is 2.16. The Morgan fingerprint density at radius 1 is 1.38 bits per heavy atom. The van der Waals surface area contributed by atoms with E-state index in [-0.39, 0.29) is 6.41 Å². The number of alkyl halides is 2. The first-order valence-corrected chi connectivity index (χ1v) is 8.40. The van der Waals surface area contributed by atoms with Crippen molar-refractivity contribution in [2.75, 3.05) is 7.05 Å². The highest BCUT2D eigenvalue weighted by molar-refractivity contribution is 5.63. The number of aryl methyl sites for hydroxylation is 2.